The number of hydrogen-bond donors (Lipinski definition) is 0. The van der Waals surface area contributed by atoms with Gasteiger partial charge in [-0.15, -0.1) is 0 Å². The number of benzene rings is 8. The summed E-state index contributed by atoms with van der Waals surface area (Å²) in [7, 11) is 0. The van der Waals surface area contributed by atoms with Crippen molar-refractivity contribution >= 4 is 54.5 Å². The molecule has 0 fully saturated rings. The van der Waals surface area contributed by atoms with E-state index in [1.807, 2.05) is 0 Å². The number of hydrogen-bond acceptors (Lipinski definition) is 1. The lowest BCUT2D eigenvalue weighted by Gasteiger charge is -2.30. The zero-order valence-corrected chi connectivity index (χ0v) is 26.4. The van der Waals surface area contributed by atoms with Crippen molar-refractivity contribution in [2.75, 3.05) is 0 Å². The van der Waals surface area contributed by atoms with Crippen LogP contribution >= 0.6 is 0 Å². The minimum absolute atomic E-state index is 0.402. The van der Waals surface area contributed by atoms with E-state index in [9.17, 15) is 0 Å². The zero-order chi connectivity index (χ0) is 31.8. The fourth-order valence-electron chi connectivity index (χ4n) is 9.56. The molecule has 0 radical (unpaired) electrons. The number of rotatable bonds is 1. The lowest BCUT2D eigenvalue weighted by Crippen LogP contribution is -2.25. The highest BCUT2D eigenvalue weighted by Gasteiger charge is 2.51. The zero-order valence-electron chi connectivity index (χ0n) is 26.4. The van der Waals surface area contributed by atoms with Crippen molar-refractivity contribution in [2.45, 2.75) is 5.41 Å². The van der Waals surface area contributed by atoms with Gasteiger partial charge in [0.05, 0.1) is 27.5 Å². The van der Waals surface area contributed by atoms with Crippen LogP contribution in [0.5, 0.6) is 0 Å². The Morgan fingerprint density at radius 3 is 1.80 bits per heavy atom. The molecule has 2 aliphatic carbocycles. The molecule has 0 saturated heterocycles. The molecule has 2 aromatic heterocycles. The molecule has 2 nitrogen and oxygen atoms in total. The number of para-hydroxylation sites is 1. The monoisotopic (exact) mass is 621 g/mol. The Balaban J connectivity index is 1.23. The van der Waals surface area contributed by atoms with Crippen LogP contribution in [0.25, 0.3) is 82.5 Å². The van der Waals surface area contributed by atoms with Crippen LogP contribution in [0.4, 0.5) is 0 Å². The van der Waals surface area contributed by atoms with Crippen LogP contribution in [-0.2, 0) is 5.41 Å². The van der Waals surface area contributed by atoms with Crippen LogP contribution in [-0.4, -0.2) is 4.57 Å². The van der Waals surface area contributed by atoms with Gasteiger partial charge in [-0.3, -0.25) is 0 Å². The first-order valence-electron chi connectivity index (χ1n) is 17.0. The molecule has 0 amide bonds. The Bertz CT molecular complexity index is 3020. The minimum Gasteiger partial charge on any atom is -0.456 e. The molecule has 12 rings (SSSR count). The van der Waals surface area contributed by atoms with Crippen molar-refractivity contribution in [3.63, 3.8) is 0 Å². The maximum Gasteiger partial charge on any atom is 0.137 e. The van der Waals surface area contributed by atoms with Crippen LogP contribution < -0.4 is 0 Å². The van der Waals surface area contributed by atoms with Crippen LogP contribution in [0.3, 0.4) is 0 Å². The molecule has 2 aliphatic rings. The van der Waals surface area contributed by atoms with E-state index < -0.39 is 5.41 Å². The Morgan fingerprint density at radius 2 is 1.04 bits per heavy atom. The largest absolute Gasteiger partial charge is 0.456 e. The number of furan rings is 1. The minimum atomic E-state index is -0.402. The third kappa shape index (κ3) is 3.00. The fraction of sp³-hybridized carbons (Fsp3) is 0.0213. The topological polar surface area (TPSA) is 18.1 Å². The molecule has 49 heavy (non-hydrogen) atoms. The van der Waals surface area contributed by atoms with E-state index in [-0.39, 0.29) is 0 Å². The van der Waals surface area contributed by atoms with Crippen LogP contribution in [0.1, 0.15) is 22.3 Å². The molecule has 0 atom stereocenters. The van der Waals surface area contributed by atoms with E-state index in [1.165, 1.54) is 77.1 Å². The molecule has 0 bridgehead atoms. The average molecular weight is 622 g/mol. The Hall–Kier alpha value is -6.38. The Morgan fingerprint density at radius 1 is 0.408 bits per heavy atom. The maximum absolute atomic E-state index is 6.89. The first kappa shape index (κ1) is 25.7. The third-order valence-electron chi connectivity index (χ3n) is 11.4. The molecule has 8 aromatic carbocycles. The van der Waals surface area contributed by atoms with Gasteiger partial charge in [-0.2, -0.15) is 0 Å². The van der Waals surface area contributed by atoms with Crippen LogP contribution in [0, 0.1) is 0 Å². The first-order chi connectivity index (χ1) is 24.3. The van der Waals surface area contributed by atoms with E-state index in [0.29, 0.717) is 0 Å². The maximum atomic E-state index is 6.89. The summed E-state index contributed by atoms with van der Waals surface area (Å²) in [5.74, 6) is 0. The highest BCUT2D eigenvalue weighted by molar-refractivity contribution is 6.21. The summed E-state index contributed by atoms with van der Waals surface area (Å²) >= 11 is 0. The molecule has 2 heterocycles. The molecule has 2 heteroatoms. The second-order valence-corrected chi connectivity index (χ2v) is 13.6. The van der Waals surface area contributed by atoms with E-state index >= 15 is 0 Å². The normalized spacial score (nSPS) is 13.9. The van der Waals surface area contributed by atoms with Crippen molar-refractivity contribution in [2.24, 2.45) is 0 Å². The van der Waals surface area contributed by atoms with Crippen LogP contribution in [0.2, 0.25) is 0 Å². The summed E-state index contributed by atoms with van der Waals surface area (Å²) in [5, 5.41) is 7.28. The lowest BCUT2D eigenvalue weighted by molar-refractivity contribution is 0.666. The van der Waals surface area contributed by atoms with E-state index in [2.05, 4.69) is 168 Å². The van der Waals surface area contributed by atoms with Gasteiger partial charge in [0.1, 0.15) is 11.2 Å². The molecule has 226 valence electrons. The van der Waals surface area contributed by atoms with Crippen molar-refractivity contribution < 1.29 is 4.42 Å². The van der Waals surface area contributed by atoms with Crippen molar-refractivity contribution in [1.29, 1.82) is 0 Å². The van der Waals surface area contributed by atoms with Gasteiger partial charge in [-0.25, -0.2) is 0 Å². The second-order valence-electron chi connectivity index (χ2n) is 13.6. The smallest absolute Gasteiger partial charge is 0.137 e. The molecular formula is C47H27NO. The average Bonchev–Trinajstić information content (AvgIpc) is 3.87. The molecule has 0 N–H and O–H groups in total. The van der Waals surface area contributed by atoms with E-state index in [0.717, 1.165) is 27.6 Å². The molecule has 10 aromatic rings. The van der Waals surface area contributed by atoms with E-state index in [1.54, 1.807) is 0 Å². The van der Waals surface area contributed by atoms with Crippen molar-refractivity contribution in [3.8, 4) is 27.9 Å². The highest BCUT2D eigenvalue weighted by atomic mass is 16.3. The van der Waals surface area contributed by atoms with Crippen LogP contribution in [0.15, 0.2) is 168 Å². The third-order valence-corrected chi connectivity index (χ3v) is 11.4. The Kier molecular flexibility index (Phi) is 4.69. The molecule has 1 spiro atoms. The number of nitrogens with zero attached hydrogens (tertiary/aromatic N) is 1. The predicted octanol–water partition coefficient (Wildman–Crippen LogP) is 12.2. The van der Waals surface area contributed by atoms with Gasteiger partial charge in [-0.05, 0) is 80.2 Å². The van der Waals surface area contributed by atoms with Gasteiger partial charge < -0.3 is 8.98 Å². The summed E-state index contributed by atoms with van der Waals surface area (Å²) in [6.07, 6.45) is 0. The SMILES string of the molecule is c1ccc2c(c1)-c1ccccc1C21c2ccccc2-c2cc3c(cc21)oc1cccc(-n2c4ccccc4c4ccc5ccccc5c42)c13. The summed E-state index contributed by atoms with van der Waals surface area (Å²) in [4.78, 5) is 0. The Labute approximate surface area is 282 Å². The summed E-state index contributed by atoms with van der Waals surface area (Å²) < 4.78 is 9.36. The van der Waals surface area contributed by atoms with Gasteiger partial charge in [-0.1, -0.05) is 133 Å². The lowest BCUT2D eigenvalue weighted by atomic mass is 9.70. The molecule has 0 aliphatic heterocycles. The van der Waals surface area contributed by atoms with Gasteiger partial charge in [0, 0.05) is 21.5 Å². The standard InChI is InChI=1S/C47H27NO/c1-2-13-29-28(12-1)24-25-34-33-17-6-10-21-41(33)48(46(29)34)42-22-11-23-43-45(42)36-26-35-32-16-5-9-20-39(32)47(40(35)27-44(36)49-43)37-18-7-3-14-30(37)31-15-4-8-19-38(31)47/h1-27H. The molecule has 0 unspecified atom stereocenters. The van der Waals surface area contributed by atoms with Crippen molar-refractivity contribution in [3.05, 3.63) is 186 Å². The van der Waals surface area contributed by atoms with Gasteiger partial charge >= 0.3 is 0 Å². The number of fused-ring (bicyclic) bond motifs is 18. The van der Waals surface area contributed by atoms with Gasteiger partial charge in [0.2, 0.25) is 0 Å². The second kappa shape index (κ2) is 8.94. The van der Waals surface area contributed by atoms with Gasteiger partial charge in [0.15, 0.2) is 0 Å². The summed E-state index contributed by atoms with van der Waals surface area (Å²) in [5.41, 5.74) is 15.5. The summed E-state index contributed by atoms with van der Waals surface area (Å²) in [6.45, 7) is 0. The highest BCUT2D eigenvalue weighted by Crippen LogP contribution is 2.63. The fourth-order valence-corrected chi connectivity index (χ4v) is 9.56. The molecule has 0 saturated carbocycles. The quantitative estimate of drug-likeness (QED) is 0.178. The number of aromatic nitrogens is 1. The van der Waals surface area contributed by atoms with Gasteiger partial charge in [0.25, 0.3) is 0 Å². The predicted molar refractivity (Wildman–Crippen MR) is 202 cm³/mol. The van der Waals surface area contributed by atoms with Crippen molar-refractivity contribution in [1.82, 2.24) is 4.57 Å². The molecular weight excluding hydrogens is 595 g/mol. The van der Waals surface area contributed by atoms with E-state index in [4.69, 9.17) is 4.42 Å². The first-order valence-corrected chi connectivity index (χ1v) is 17.0. The summed E-state index contributed by atoms with van der Waals surface area (Å²) in [6, 6.07) is 60.3.